The van der Waals surface area contributed by atoms with Gasteiger partial charge in [0, 0.05) is 0 Å². The van der Waals surface area contributed by atoms with E-state index in [9.17, 15) is 13.2 Å². The Morgan fingerprint density at radius 3 is 2.36 bits per heavy atom. The van der Waals surface area contributed by atoms with Gasteiger partial charge < -0.3 is 4.74 Å². The number of nitriles is 1. The first-order chi connectivity index (χ1) is 13.4. The molecule has 0 spiro atoms. The first kappa shape index (κ1) is 20.3. The molecule has 1 aliphatic rings. The third-order valence-corrected chi connectivity index (χ3v) is 5.57. The zero-order chi connectivity index (χ0) is 20.1. The van der Waals surface area contributed by atoms with Gasteiger partial charge in [0.05, 0.1) is 11.1 Å². The van der Waals surface area contributed by atoms with E-state index in [1.54, 1.807) is 18.2 Å². The van der Waals surface area contributed by atoms with Crippen molar-refractivity contribution in [1.82, 2.24) is 0 Å². The fourth-order valence-corrected chi connectivity index (χ4v) is 3.71. The highest BCUT2D eigenvalue weighted by atomic mass is 19.3. The van der Waals surface area contributed by atoms with Crippen molar-refractivity contribution in [3.05, 3.63) is 65.0 Å². The van der Waals surface area contributed by atoms with Gasteiger partial charge in [0.15, 0.2) is 0 Å². The second kappa shape index (κ2) is 8.68. The molecule has 1 saturated carbocycles. The fourth-order valence-electron chi connectivity index (χ4n) is 3.71. The van der Waals surface area contributed by atoms with Gasteiger partial charge in [0.2, 0.25) is 0 Å². The highest BCUT2D eigenvalue weighted by molar-refractivity contribution is 5.35. The summed E-state index contributed by atoms with van der Waals surface area (Å²) in [6.07, 6.45) is 3.50. The van der Waals surface area contributed by atoms with E-state index >= 15 is 0 Å². The van der Waals surface area contributed by atoms with Crippen LogP contribution in [-0.2, 0) is 12.5 Å². The molecular weight excluding hydrogens is 363 g/mol. The first-order valence-electron chi connectivity index (χ1n) is 9.73. The third-order valence-electron chi connectivity index (χ3n) is 5.57. The molecule has 0 radical (unpaired) electrons. The van der Waals surface area contributed by atoms with Crippen LogP contribution >= 0.6 is 0 Å². The maximum absolute atomic E-state index is 14.3. The molecule has 2 aromatic carbocycles. The van der Waals surface area contributed by atoms with Crippen LogP contribution in [0.25, 0.3) is 0 Å². The summed E-state index contributed by atoms with van der Waals surface area (Å²) in [5, 5.41) is 8.70. The number of halogens is 3. The third kappa shape index (κ3) is 5.07. The lowest BCUT2D eigenvalue weighted by Gasteiger charge is -2.26. The van der Waals surface area contributed by atoms with Gasteiger partial charge in [-0.2, -0.15) is 14.0 Å². The molecule has 0 bridgehead atoms. The second-order valence-electron chi connectivity index (χ2n) is 7.73. The minimum absolute atomic E-state index is 0.0185. The van der Waals surface area contributed by atoms with Crippen LogP contribution in [0.1, 0.15) is 55.7 Å². The smallest absolute Gasteiger partial charge is 0.426 e. The van der Waals surface area contributed by atoms with Crippen molar-refractivity contribution in [3.63, 3.8) is 0 Å². The van der Waals surface area contributed by atoms with Crippen molar-refractivity contribution < 1.29 is 17.9 Å². The molecule has 0 aromatic heterocycles. The summed E-state index contributed by atoms with van der Waals surface area (Å²) < 4.78 is 47.0. The van der Waals surface area contributed by atoms with E-state index in [1.807, 2.05) is 0 Å². The van der Waals surface area contributed by atoms with Crippen LogP contribution in [-0.4, -0.2) is 0 Å². The van der Waals surface area contributed by atoms with Crippen molar-refractivity contribution in [2.45, 2.75) is 51.6 Å². The quantitative estimate of drug-likeness (QED) is 0.560. The molecule has 0 amide bonds. The molecule has 0 atom stereocenters. The number of alkyl halides is 2. The Balaban J connectivity index is 1.58. The van der Waals surface area contributed by atoms with Crippen LogP contribution in [0.3, 0.4) is 0 Å². The van der Waals surface area contributed by atoms with Gasteiger partial charge in [0.25, 0.3) is 0 Å². The van der Waals surface area contributed by atoms with Crippen molar-refractivity contribution in [2.75, 3.05) is 0 Å². The van der Waals surface area contributed by atoms with E-state index in [2.05, 4.69) is 6.92 Å². The Morgan fingerprint density at radius 1 is 1.07 bits per heavy atom. The molecule has 2 aromatic rings. The van der Waals surface area contributed by atoms with Gasteiger partial charge in [-0.1, -0.05) is 44.7 Å². The van der Waals surface area contributed by atoms with Crippen molar-refractivity contribution in [1.29, 1.82) is 5.26 Å². The van der Waals surface area contributed by atoms with Crippen molar-refractivity contribution >= 4 is 0 Å². The van der Waals surface area contributed by atoms with Gasteiger partial charge in [-0.05, 0) is 60.6 Å². The number of nitrogens with zero attached hydrogens (tertiary/aromatic N) is 1. The van der Waals surface area contributed by atoms with Crippen LogP contribution in [0.15, 0.2) is 42.5 Å². The number of benzene rings is 2. The van der Waals surface area contributed by atoms with Crippen LogP contribution < -0.4 is 4.74 Å². The predicted octanol–water partition coefficient (Wildman–Crippen LogP) is 6.58. The maximum Gasteiger partial charge on any atom is 0.426 e. The standard InChI is InChI=1S/C23H24F3NO/c1-16-2-4-17(5-3-16)6-7-18-8-12-21(13-9-18)28-23(25,26)20-11-10-19(15-27)22(24)14-20/h8-14,16-17H,2-7H2,1H3. The molecular formula is C23H24F3NO. The Hall–Kier alpha value is -2.48. The molecule has 0 N–H and O–H groups in total. The zero-order valence-electron chi connectivity index (χ0n) is 15.9. The second-order valence-corrected chi connectivity index (χ2v) is 7.73. The van der Waals surface area contributed by atoms with Gasteiger partial charge in [0.1, 0.15) is 17.6 Å². The van der Waals surface area contributed by atoms with E-state index in [0.717, 1.165) is 42.4 Å². The Morgan fingerprint density at radius 2 is 1.75 bits per heavy atom. The first-order valence-corrected chi connectivity index (χ1v) is 9.73. The van der Waals surface area contributed by atoms with Crippen LogP contribution in [0.5, 0.6) is 5.75 Å². The molecule has 5 heteroatoms. The molecule has 0 heterocycles. The Labute approximate surface area is 163 Å². The molecule has 0 aliphatic heterocycles. The number of hydrogen-bond acceptors (Lipinski definition) is 2. The number of aryl methyl sites for hydroxylation is 1. The van der Waals surface area contributed by atoms with E-state index in [4.69, 9.17) is 10.00 Å². The molecule has 3 rings (SSSR count). The topological polar surface area (TPSA) is 33.0 Å². The highest BCUT2D eigenvalue weighted by Gasteiger charge is 2.35. The van der Waals surface area contributed by atoms with Crippen LogP contribution in [0.2, 0.25) is 0 Å². The highest BCUT2D eigenvalue weighted by Crippen LogP contribution is 2.33. The van der Waals surface area contributed by atoms with Gasteiger partial charge in [-0.25, -0.2) is 4.39 Å². The van der Waals surface area contributed by atoms with E-state index in [1.165, 1.54) is 37.8 Å². The van der Waals surface area contributed by atoms with Gasteiger partial charge >= 0.3 is 6.11 Å². The predicted molar refractivity (Wildman–Crippen MR) is 102 cm³/mol. The Bertz CT molecular complexity index is 834. The van der Waals surface area contributed by atoms with E-state index in [0.29, 0.717) is 6.07 Å². The summed E-state index contributed by atoms with van der Waals surface area (Å²) >= 11 is 0. The minimum atomic E-state index is -3.69. The lowest BCUT2D eigenvalue weighted by Crippen LogP contribution is -2.22. The summed E-state index contributed by atoms with van der Waals surface area (Å²) in [6, 6.07) is 10.9. The normalized spacial score (nSPS) is 19.8. The largest absolute Gasteiger partial charge is 0.429 e. The minimum Gasteiger partial charge on any atom is -0.429 e. The summed E-state index contributed by atoms with van der Waals surface area (Å²) in [5.41, 5.74) is 0.189. The summed E-state index contributed by atoms with van der Waals surface area (Å²) in [5.74, 6) is 0.613. The average Bonchev–Trinajstić information content (AvgIpc) is 2.68. The number of hydrogen-bond donors (Lipinski definition) is 0. The lowest BCUT2D eigenvalue weighted by molar-refractivity contribution is -0.185. The molecule has 0 saturated heterocycles. The van der Waals surface area contributed by atoms with Crippen molar-refractivity contribution in [3.8, 4) is 11.8 Å². The molecule has 28 heavy (non-hydrogen) atoms. The molecule has 1 fully saturated rings. The SMILES string of the molecule is CC1CCC(CCc2ccc(OC(F)(F)c3ccc(C#N)c(F)c3)cc2)CC1. The molecule has 2 nitrogen and oxygen atoms in total. The van der Waals surface area contributed by atoms with E-state index in [-0.39, 0.29) is 11.3 Å². The number of rotatable bonds is 6. The zero-order valence-corrected chi connectivity index (χ0v) is 15.9. The molecule has 148 valence electrons. The monoisotopic (exact) mass is 387 g/mol. The average molecular weight is 387 g/mol. The maximum atomic E-state index is 14.3. The molecule has 1 aliphatic carbocycles. The van der Waals surface area contributed by atoms with Crippen molar-refractivity contribution in [2.24, 2.45) is 11.8 Å². The number of ether oxygens (including phenoxy) is 1. The van der Waals surface area contributed by atoms with Crippen LogP contribution in [0, 0.1) is 29.0 Å². The summed E-state index contributed by atoms with van der Waals surface area (Å²) in [7, 11) is 0. The lowest BCUT2D eigenvalue weighted by atomic mass is 9.80. The van der Waals surface area contributed by atoms with Crippen LogP contribution in [0.4, 0.5) is 13.2 Å². The van der Waals surface area contributed by atoms with Gasteiger partial charge in [-0.3, -0.25) is 0 Å². The van der Waals surface area contributed by atoms with Gasteiger partial charge in [-0.15, -0.1) is 0 Å². The van der Waals surface area contributed by atoms with E-state index < -0.39 is 17.5 Å². The molecule has 0 unspecified atom stereocenters. The Kier molecular flexibility index (Phi) is 6.28. The fraction of sp³-hybridized carbons (Fsp3) is 0.435. The summed E-state index contributed by atoms with van der Waals surface area (Å²) in [6.45, 7) is 2.30. The summed E-state index contributed by atoms with van der Waals surface area (Å²) in [4.78, 5) is 0.